The second kappa shape index (κ2) is 3.69. The zero-order valence-electron chi connectivity index (χ0n) is 9.26. The van der Waals surface area contributed by atoms with Crippen LogP contribution in [0.4, 0.5) is 5.82 Å². The molecular formula is C7H13B2N3O3. The average Bonchev–Trinajstić information content (AvgIpc) is 2.45. The summed E-state index contributed by atoms with van der Waals surface area (Å²) in [5.41, 5.74) is 0.237. The van der Waals surface area contributed by atoms with E-state index in [0.29, 0.717) is 0 Å². The highest BCUT2D eigenvalue weighted by atomic mass is 16.6. The van der Waals surface area contributed by atoms with E-state index in [9.17, 15) is 15.2 Å². The fourth-order valence-corrected chi connectivity index (χ4v) is 1.21. The lowest BCUT2D eigenvalue weighted by molar-refractivity contribution is -0.391. The molecule has 0 fully saturated rings. The van der Waals surface area contributed by atoms with E-state index in [1.165, 1.54) is 26.6 Å². The Morgan fingerprint density at radius 1 is 1.67 bits per heavy atom. The molecule has 8 heteroatoms. The van der Waals surface area contributed by atoms with Gasteiger partial charge in [0.1, 0.15) is 15.7 Å². The van der Waals surface area contributed by atoms with E-state index in [1.54, 1.807) is 0 Å². The molecule has 0 unspecified atom stereocenters. The minimum Gasteiger partial charge on any atom is -0.403 e. The van der Waals surface area contributed by atoms with E-state index in [0.717, 1.165) is 0 Å². The molecule has 15 heavy (non-hydrogen) atoms. The van der Waals surface area contributed by atoms with Gasteiger partial charge in [0.15, 0.2) is 0 Å². The van der Waals surface area contributed by atoms with Crippen LogP contribution in [0.1, 0.15) is 25.5 Å². The molecule has 0 atom stereocenters. The standard InChI is InChI=1S/C7H13B2N3O3/c1-4(2)11-3-5(7(8,9)13)6(10-11)12(14)15/h3-4,13H,8-9H2,1-2H3. The molecule has 80 valence electrons. The predicted molar refractivity (Wildman–Crippen MR) is 60.3 cm³/mol. The number of hydrogen-bond acceptors (Lipinski definition) is 4. The van der Waals surface area contributed by atoms with Crippen molar-refractivity contribution < 1.29 is 10.0 Å². The third-order valence-corrected chi connectivity index (χ3v) is 2.07. The minimum absolute atomic E-state index is 0.0276. The maximum absolute atomic E-state index is 10.7. The Balaban J connectivity index is 3.30. The zero-order valence-corrected chi connectivity index (χ0v) is 9.26. The van der Waals surface area contributed by atoms with E-state index in [1.807, 2.05) is 13.8 Å². The van der Waals surface area contributed by atoms with E-state index in [-0.39, 0.29) is 17.4 Å². The second-order valence-corrected chi connectivity index (χ2v) is 4.26. The monoisotopic (exact) mass is 209 g/mol. The number of aromatic nitrogens is 2. The Hall–Kier alpha value is -1.30. The van der Waals surface area contributed by atoms with Gasteiger partial charge in [0.2, 0.25) is 0 Å². The molecule has 0 aromatic carbocycles. The summed E-state index contributed by atoms with van der Waals surface area (Å²) >= 11 is 0. The molecule has 0 radical (unpaired) electrons. The summed E-state index contributed by atoms with van der Waals surface area (Å²) in [6.45, 7) is 3.73. The van der Waals surface area contributed by atoms with Crippen LogP contribution in [0.25, 0.3) is 0 Å². The third kappa shape index (κ3) is 2.38. The topological polar surface area (TPSA) is 81.2 Å². The lowest BCUT2D eigenvalue weighted by atomic mass is 9.62. The second-order valence-electron chi connectivity index (χ2n) is 4.26. The highest BCUT2D eigenvalue weighted by Gasteiger charge is 2.31. The maximum Gasteiger partial charge on any atom is 0.394 e. The van der Waals surface area contributed by atoms with Crippen LogP contribution < -0.4 is 0 Å². The van der Waals surface area contributed by atoms with E-state index >= 15 is 0 Å². The van der Waals surface area contributed by atoms with Gasteiger partial charge in [-0.2, -0.15) is 4.68 Å². The Kier molecular flexibility index (Phi) is 2.90. The van der Waals surface area contributed by atoms with Crippen LogP contribution in [0.15, 0.2) is 6.20 Å². The van der Waals surface area contributed by atoms with Crippen LogP contribution in [0.5, 0.6) is 0 Å². The van der Waals surface area contributed by atoms with Gasteiger partial charge in [0.05, 0.1) is 22.9 Å². The van der Waals surface area contributed by atoms with Gasteiger partial charge < -0.3 is 15.2 Å². The first-order valence-corrected chi connectivity index (χ1v) is 4.70. The summed E-state index contributed by atoms with van der Waals surface area (Å²) in [7, 11) is 3.00. The van der Waals surface area contributed by atoms with Crippen molar-refractivity contribution in [2.75, 3.05) is 0 Å². The van der Waals surface area contributed by atoms with Gasteiger partial charge in [-0.25, -0.2) is 0 Å². The van der Waals surface area contributed by atoms with Gasteiger partial charge in [-0.1, -0.05) is 0 Å². The van der Waals surface area contributed by atoms with E-state index in [4.69, 9.17) is 0 Å². The summed E-state index contributed by atoms with van der Waals surface area (Å²) in [5, 5.41) is 23.1. The van der Waals surface area contributed by atoms with Crippen molar-refractivity contribution in [3.8, 4) is 0 Å². The van der Waals surface area contributed by atoms with Crippen molar-refractivity contribution in [3.63, 3.8) is 0 Å². The molecule has 0 amide bonds. The quantitative estimate of drug-likeness (QED) is 0.382. The molecule has 1 heterocycles. The molecule has 0 bridgehead atoms. The lowest BCUT2D eigenvalue weighted by Gasteiger charge is -2.13. The molecule has 1 rings (SSSR count). The number of rotatable bonds is 3. The lowest BCUT2D eigenvalue weighted by Crippen LogP contribution is -2.26. The number of hydrogen-bond donors (Lipinski definition) is 1. The summed E-state index contributed by atoms with van der Waals surface area (Å²) in [6, 6.07) is 0.0276. The molecule has 1 aromatic rings. The van der Waals surface area contributed by atoms with Crippen molar-refractivity contribution in [1.29, 1.82) is 0 Å². The molecule has 0 aliphatic rings. The largest absolute Gasteiger partial charge is 0.403 e. The molecule has 0 spiro atoms. The molecule has 1 N–H and O–H groups in total. The zero-order chi connectivity index (χ0) is 11.8. The van der Waals surface area contributed by atoms with Gasteiger partial charge in [-0.05, 0) is 18.8 Å². The van der Waals surface area contributed by atoms with Crippen LogP contribution >= 0.6 is 0 Å². The molecule has 0 saturated carbocycles. The highest BCUT2D eigenvalue weighted by Crippen LogP contribution is 2.25. The maximum atomic E-state index is 10.7. The number of nitro groups is 1. The van der Waals surface area contributed by atoms with Crippen molar-refractivity contribution in [2.45, 2.75) is 25.3 Å². The Morgan fingerprint density at radius 3 is 2.47 bits per heavy atom. The first-order chi connectivity index (χ1) is 6.73. The Labute approximate surface area is 89.2 Å². The summed E-state index contributed by atoms with van der Waals surface area (Å²) in [6.07, 6.45) is 1.52. The summed E-state index contributed by atoms with van der Waals surface area (Å²) < 4.78 is 1.48. The number of aliphatic hydroxyl groups is 1. The number of nitrogens with zero attached hydrogens (tertiary/aromatic N) is 3. The fraction of sp³-hybridized carbons (Fsp3) is 0.571. The third-order valence-electron chi connectivity index (χ3n) is 2.07. The van der Waals surface area contributed by atoms with Gasteiger partial charge in [0.25, 0.3) is 0 Å². The van der Waals surface area contributed by atoms with Crippen LogP contribution in [-0.4, -0.2) is 35.5 Å². The Bertz CT molecular complexity index is 383. The summed E-state index contributed by atoms with van der Waals surface area (Å²) in [4.78, 5) is 10.1. The minimum atomic E-state index is -1.25. The van der Waals surface area contributed by atoms with Crippen LogP contribution in [0.2, 0.25) is 0 Å². The highest BCUT2D eigenvalue weighted by molar-refractivity contribution is 6.38. The van der Waals surface area contributed by atoms with Gasteiger partial charge in [-0.15, -0.1) is 0 Å². The fourth-order valence-electron chi connectivity index (χ4n) is 1.21. The van der Waals surface area contributed by atoms with Gasteiger partial charge in [-0.3, -0.25) is 0 Å². The molecule has 6 nitrogen and oxygen atoms in total. The van der Waals surface area contributed by atoms with E-state index in [2.05, 4.69) is 5.10 Å². The van der Waals surface area contributed by atoms with Crippen LogP contribution in [0.3, 0.4) is 0 Å². The van der Waals surface area contributed by atoms with Crippen molar-refractivity contribution in [2.24, 2.45) is 0 Å². The van der Waals surface area contributed by atoms with Crippen molar-refractivity contribution in [1.82, 2.24) is 9.78 Å². The van der Waals surface area contributed by atoms with Crippen molar-refractivity contribution >= 4 is 21.5 Å². The predicted octanol–water partition coefficient (Wildman–Crippen LogP) is -1.26. The first-order valence-electron chi connectivity index (χ1n) is 4.70. The normalized spacial score (nSPS) is 12.0. The molecule has 0 aliphatic carbocycles. The molecular weight excluding hydrogens is 196 g/mol. The van der Waals surface area contributed by atoms with Crippen LogP contribution in [-0.2, 0) is 5.40 Å². The van der Waals surface area contributed by atoms with Gasteiger partial charge >= 0.3 is 5.82 Å². The van der Waals surface area contributed by atoms with Crippen molar-refractivity contribution in [3.05, 3.63) is 21.9 Å². The molecule has 0 saturated heterocycles. The smallest absolute Gasteiger partial charge is 0.394 e. The molecule has 1 aromatic heterocycles. The molecule has 0 aliphatic heterocycles. The van der Waals surface area contributed by atoms with Crippen LogP contribution in [0, 0.1) is 10.1 Å². The first kappa shape index (κ1) is 11.8. The Morgan fingerprint density at radius 2 is 2.20 bits per heavy atom. The average molecular weight is 209 g/mol. The SMILES string of the molecule is BC(B)(O)c1cn(C(C)C)nc1[N+](=O)[O-]. The summed E-state index contributed by atoms with van der Waals surface area (Å²) in [5.74, 6) is -0.281. The van der Waals surface area contributed by atoms with E-state index < -0.39 is 10.3 Å². The van der Waals surface area contributed by atoms with Gasteiger partial charge in [0, 0.05) is 5.40 Å².